The summed E-state index contributed by atoms with van der Waals surface area (Å²) in [6.07, 6.45) is 8.90. The maximum atomic E-state index is 9.20. The topological polar surface area (TPSA) is 32.3 Å². The predicted molar refractivity (Wildman–Crippen MR) is 69.8 cm³/mol. The van der Waals surface area contributed by atoms with Gasteiger partial charge in [-0.15, -0.1) is 0 Å². The monoisotopic (exact) mass is 237 g/mol. The van der Waals surface area contributed by atoms with Crippen molar-refractivity contribution in [2.45, 2.75) is 64.5 Å². The molecular formula is C15H27NO. The zero-order chi connectivity index (χ0) is 12.0. The standard InChI is InChI=1S/C15H27NO/c1-10(9-17)16-11(2)15-6-12-3-13(7-15)5-14(4-12)8-15/h10-14,16-17H,3-9H2,1-2H3/t10-,11?,12?,13?,14?,15?/m1/s1. The van der Waals surface area contributed by atoms with E-state index in [2.05, 4.69) is 19.2 Å². The first-order valence-corrected chi connectivity index (χ1v) is 7.48. The van der Waals surface area contributed by atoms with Crippen molar-refractivity contribution >= 4 is 0 Å². The zero-order valence-electron chi connectivity index (χ0n) is 11.3. The maximum Gasteiger partial charge on any atom is 0.0582 e. The Morgan fingerprint density at radius 1 is 1.06 bits per heavy atom. The second kappa shape index (κ2) is 4.24. The van der Waals surface area contributed by atoms with Gasteiger partial charge in [0.05, 0.1) is 6.61 Å². The average Bonchev–Trinajstić information content (AvgIpc) is 2.26. The second-order valence-electron chi connectivity index (χ2n) is 7.25. The summed E-state index contributed by atoms with van der Waals surface area (Å²) in [5, 5.41) is 12.8. The molecule has 4 saturated carbocycles. The molecular weight excluding hydrogens is 210 g/mol. The highest BCUT2D eigenvalue weighted by atomic mass is 16.3. The van der Waals surface area contributed by atoms with Crippen LogP contribution in [0.25, 0.3) is 0 Å². The molecule has 2 nitrogen and oxygen atoms in total. The van der Waals surface area contributed by atoms with Gasteiger partial charge in [0.2, 0.25) is 0 Å². The largest absolute Gasteiger partial charge is 0.395 e. The SMILES string of the molecule is CC(N[C@H](C)CO)C12CC3CC(CC(C3)C1)C2. The van der Waals surface area contributed by atoms with Crippen LogP contribution in [0, 0.1) is 23.2 Å². The highest BCUT2D eigenvalue weighted by Crippen LogP contribution is 2.61. The molecule has 0 aliphatic heterocycles. The molecule has 0 aromatic heterocycles. The van der Waals surface area contributed by atoms with E-state index in [4.69, 9.17) is 0 Å². The van der Waals surface area contributed by atoms with Crippen LogP contribution in [-0.2, 0) is 0 Å². The van der Waals surface area contributed by atoms with E-state index < -0.39 is 0 Å². The van der Waals surface area contributed by atoms with E-state index in [-0.39, 0.29) is 12.6 Å². The van der Waals surface area contributed by atoms with Crippen molar-refractivity contribution in [3.05, 3.63) is 0 Å². The summed E-state index contributed by atoms with van der Waals surface area (Å²) in [5.41, 5.74) is 0.568. The summed E-state index contributed by atoms with van der Waals surface area (Å²) in [5.74, 6) is 3.07. The van der Waals surface area contributed by atoms with Gasteiger partial charge in [0.25, 0.3) is 0 Å². The molecule has 2 N–H and O–H groups in total. The molecule has 2 atom stereocenters. The Labute approximate surface area is 105 Å². The van der Waals surface area contributed by atoms with E-state index >= 15 is 0 Å². The van der Waals surface area contributed by atoms with Crippen LogP contribution in [-0.4, -0.2) is 23.8 Å². The Morgan fingerprint density at radius 3 is 1.94 bits per heavy atom. The normalized spacial score (nSPS) is 47.1. The van der Waals surface area contributed by atoms with Gasteiger partial charge in [-0.3, -0.25) is 0 Å². The molecule has 4 aliphatic rings. The van der Waals surface area contributed by atoms with E-state index in [0.29, 0.717) is 11.5 Å². The molecule has 1 unspecified atom stereocenters. The van der Waals surface area contributed by atoms with Gasteiger partial charge in [-0.05, 0) is 75.5 Å². The zero-order valence-corrected chi connectivity index (χ0v) is 11.3. The number of hydrogen-bond donors (Lipinski definition) is 2. The van der Waals surface area contributed by atoms with Crippen molar-refractivity contribution in [1.29, 1.82) is 0 Å². The van der Waals surface area contributed by atoms with Crippen LogP contribution in [0.5, 0.6) is 0 Å². The van der Waals surface area contributed by atoms with Crippen LogP contribution >= 0.6 is 0 Å². The molecule has 17 heavy (non-hydrogen) atoms. The molecule has 4 bridgehead atoms. The molecule has 4 aliphatic carbocycles. The van der Waals surface area contributed by atoms with E-state index in [1.807, 2.05) is 0 Å². The van der Waals surface area contributed by atoms with Gasteiger partial charge in [0.1, 0.15) is 0 Å². The number of nitrogens with one attached hydrogen (secondary N) is 1. The summed E-state index contributed by atoms with van der Waals surface area (Å²) >= 11 is 0. The minimum Gasteiger partial charge on any atom is -0.395 e. The lowest BCUT2D eigenvalue weighted by Gasteiger charge is -2.59. The summed E-state index contributed by atoms with van der Waals surface area (Å²) < 4.78 is 0. The summed E-state index contributed by atoms with van der Waals surface area (Å²) in [4.78, 5) is 0. The summed E-state index contributed by atoms with van der Waals surface area (Å²) in [6, 6.07) is 0.830. The van der Waals surface area contributed by atoms with Crippen molar-refractivity contribution in [1.82, 2.24) is 5.32 Å². The number of rotatable bonds is 4. The van der Waals surface area contributed by atoms with Gasteiger partial charge in [0.15, 0.2) is 0 Å². The number of aliphatic hydroxyl groups excluding tert-OH is 1. The second-order valence-corrected chi connectivity index (χ2v) is 7.25. The Hall–Kier alpha value is -0.0800. The Morgan fingerprint density at radius 2 is 1.53 bits per heavy atom. The van der Waals surface area contributed by atoms with Crippen LogP contribution in [0.4, 0.5) is 0 Å². The minimum atomic E-state index is 0.248. The molecule has 98 valence electrons. The lowest BCUT2D eigenvalue weighted by molar-refractivity contribution is -0.0725. The number of hydrogen-bond acceptors (Lipinski definition) is 2. The highest BCUT2D eigenvalue weighted by molar-refractivity contribution is 5.05. The summed E-state index contributed by atoms with van der Waals surface area (Å²) in [7, 11) is 0. The van der Waals surface area contributed by atoms with Gasteiger partial charge >= 0.3 is 0 Å². The first-order chi connectivity index (χ1) is 8.11. The smallest absolute Gasteiger partial charge is 0.0582 e. The maximum absolute atomic E-state index is 9.20. The third-order valence-corrected chi connectivity index (χ3v) is 5.81. The quantitative estimate of drug-likeness (QED) is 0.787. The van der Waals surface area contributed by atoms with Gasteiger partial charge in [0, 0.05) is 12.1 Å². The first-order valence-electron chi connectivity index (χ1n) is 7.48. The molecule has 0 saturated heterocycles. The third kappa shape index (κ3) is 2.04. The lowest BCUT2D eigenvalue weighted by atomic mass is 9.48. The third-order valence-electron chi connectivity index (χ3n) is 5.81. The van der Waals surface area contributed by atoms with Gasteiger partial charge in [-0.1, -0.05) is 0 Å². The van der Waals surface area contributed by atoms with E-state index in [1.165, 1.54) is 38.5 Å². The van der Waals surface area contributed by atoms with Crippen LogP contribution in [0.2, 0.25) is 0 Å². The highest BCUT2D eigenvalue weighted by Gasteiger charge is 2.53. The minimum absolute atomic E-state index is 0.248. The van der Waals surface area contributed by atoms with Crippen LogP contribution in [0.15, 0.2) is 0 Å². The van der Waals surface area contributed by atoms with Crippen LogP contribution < -0.4 is 5.32 Å². The van der Waals surface area contributed by atoms with Gasteiger partial charge in [-0.2, -0.15) is 0 Å². The van der Waals surface area contributed by atoms with E-state index in [9.17, 15) is 5.11 Å². The first kappa shape index (κ1) is 12.0. The fraction of sp³-hybridized carbons (Fsp3) is 1.00. The van der Waals surface area contributed by atoms with Crippen LogP contribution in [0.3, 0.4) is 0 Å². The molecule has 0 amide bonds. The van der Waals surface area contributed by atoms with Gasteiger partial charge < -0.3 is 10.4 Å². The number of aliphatic hydroxyl groups is 1. The molecule has 0 radical (unpaired) electrons. The van der Waals surface area contributed by atoms with Crippen LogP contribution in [0.1, 0.15) is 52.4 Å². The molecule has 4 rings (SSSR count). The Balaban J connectivity index is 1.73. The molecule has 0 aromatic rings. The molecule has 4 fully saturated rings. The molecule has 0 aromatic carbocycles. The molecule has 0 spiro atoms. The van der Waals surface area contributed by atoms with Gasteiger partial charge in [-0.25, -0.2) is 0 Å². The fourth-order valence-corrected chi connectivity index (χ4v) is 5.36. The van der Waals surface area contributed by atoms with Crippen molar-refractivity contribution < 1.29 is 5.11 Å². The summed E-state index contributed by atoms with van der Waals surface area (Å²) in [6.45, 7) is 4.72. The predicted octanol–water partition coefficient (Wildman–Crippen LogP) is 2.56. The van der Waals surface area contributed by atoms with Crippen molar-refractivity contribution in [2.75, 3.05) is 6.61 Å². The van der Waals surface area contributed by atoms with E-state index in [0.717, 1.165) is 17.8 Å². The van der Waals surface area contributed by atoms with E-state index in [1.54, 1.807) is 0 Å². The average molecular weight is 237 g/mol. The molecule has 2 heteroatoms. The lowest BCUT2D eigenvalue weighted by Crippen LogP contribution is -2.56. The Bertz CT molecular complexity index is 253. The fourth-order valence-electron chi connectivity index (χ4n) is 5.36. The Kier molecular flexibility index (Phi) is 2.99. The van der Waals surface area contributed by atoms with Crippen molar-refractivity contribution in [3.63, 3.8) is 0 Å². The molecule has 0 heterocycles. The van der Waals surface area contributed by atoms with Crippen molar-refractivity contribution in [2.24, 2.45) is 23.2 Å². The van der Waals surface area contributed by atoms with Crippen molar-refractivity contribution in [3.8, 4) is 0 Å².